The summed E-state index contributed by atoms with van der Waals surface area (Å²) in [7, 11) is -3.28. The lowest BCUT2D eigenvalue weighted by molar-refractivity contribution is 0.602. The molecule has 114 valence electrons. The molecule has 1 heterocycles. The minimum Gasteiger partial charge on any atom is -0.348 e. The van der Waals surface area contributed by atoms with Gasteiger partial charge in [0.25, 0.3) is 0 Å². The minimum absolute atomic E-state index is 0.0651. The van der Waals surface area contributed by atoms with E-state index in [1.54, 1.807) is 19.4 Å². The fourth-order valence-corrected chi connectivity index (χ4v) is 3.22. The van der Waals surface area contributed by atoms with Gasteiger partial charge in [-0.3, -0.25) is 4.72 Å². The number of anilines is 1. The topological polar surface area (TPSA) is 74.8 Å². The number of nitrogens with zero attached hydrogens (tertiary/aromatic N) is 1. The monoisotopic (exact) mass is 307 g/mol. The molecule has 2 N–H and O–H groups in total. The summed E-state index contributed by atoms with van der Waals surface area (Å²) >= 11 is 0. The third kappa shape index (κ3) is 3.44. The van der Waals surface area contributed by atoms with Crippen LogP contribution in [0.25, 0.3) is 0 Å². The summed E-state index contributed by atoms with van der Waals surface area (Å²) in [5, 5.41) is 0. The van der Waals surface area contributed by atoms with Gasteiger partial charge in [-0.2, -0.15) is 0 Å². The maximum Gasteiger partial charge on any atom is 0.232 e. The molecular weight excluding hydrogens is 286 g/mol. The van der Waals surface area contributed by atoms with E-state index in [9.17, 15) is 8.42 Å². The Morgan fingerprint density at radius 3 is 2.52 bits per heavy atom. The van der Waals surface area contributed by atoms with Crippen LogP contribution in [0.1, 0.15) is 34.9 Å². The molecule has 6 heteroatoms. The summed E-state index contributed by atoms with van der Waals surface area (Å²) in [6.45, 7) is 7.56. The van der Waals surface area contributed by atoms with Gasteiger partial charge in [-0.05, 0) is 49.9 Å². The van der Waals surface area contributed by atoms with Gasteiger partial charge in [0.2, 0.25) is 10.0 Å². The first-order valence-corrected chi connectivity index (χ1v) is 8.56. The lowest BCUT2D eigenvalue weighted by Gasteiger charge is -2.18. The molecule has 0 radical (unpaired) electrons. The number of aromatic amines is 1. The Labute approximate surface area is 125 Å². The molecule has 0 aliphatic carbocycles. The molecular formula is C15H21N3O2S. The van der Waals surface area contributed by atoms with Crippen LogP contribution in [0.3, 0.4) is 0 Å². The smallest absolute Gasteiger partial charge is 0.232 e. The molecule has 0 bridgehead atoms. The SMILES string of the molecule is CCS(=O)(=O)Nc1c(C)cc(C)c(Cc2cnc[nH]2)c1C. The first kappa shape index (κ1) is 15.6. The van der Waals surface area contributed by atoms with Crippen LogP contribution in [-0.4, -0.2) is 24.1 Å². The van der Waals surface area contributed by atoms with Crippen molar-refractivity contribution in [3.05, 3.63) is 46.5 Å². The molecule has 0 saturated carbocycles. The van der Waals surface area contributed by atoms with Crippen LogP contribution in [0.2, 0.25) is 0 Å². The van der Waals surface area contributed by atoms with Crippen LogP contribution >= 0.6 is 0 Å². The Morgan fingerprint density at radius 2 is 1.95 bits per heavy atom. The standard InChI is InChI=1S/C15H21N3O2S/c1-5-21(19,20)18-15-11(3)6-10(2)14(12(15)4)7-13-8-16-9-17-13/h6,8-9,18H,5,7H2,1-4H3,(H,16,17). The minimum atomic E-state index is -3.28. The molecule has 21 heavy (non-hydrogen) atoms. The maximum atomic E-state index is 11.9. The molecule has 0 saturated heterocycles. The van der Waals surface area contributed by atoms with Crippen molar-refractivity contribution < 1.29 is 8.42 Å². The van der Waals surface area contributed by atoms with Gasteiger partial charge in [0.15, 0.2) is 0 Å². The third-order valence-corrected chi connectivity index (χ3v) is 4.97. The predicted molar refractivity (Wildman–Crippen MR) is 85.1 cm³/mol. The van der Waals surface area contributed by atoms with E-state index >= 15 is 0 Å². The van der Waals surface area contributed by atoms with Gasteiger partial charge < -0.3 is 4.98 Å². The molecule has 1 aromatic carbocycles. The van der Waals surface area contributed by atoms with Crippen LogP contribution in [0, 0.1) is 20.8 Å². The first-order chi connectivity index (χ1) is 9.84. The second-order valence-electron chi connectivity index (χ2n) is 5.25. The maximum absolute atomic E-state index is 11.9. The Morgan fingerprint density at radius 1 is 1.24 bits per heavy atom. The fourth-order valence-electron chi connectivity index (χ4n) is 2.45. The summed E-state index contributed by atoms with van der Waals surface area (Å²) in [5.41, 5.74) is 5.89. The molecule has 0 amide bonds. The van der Waals surface area contributed by atoms with Crippen LogP contribution in [0.4, 0.5) is 5.69 Å². The molecule has 0 fully saturated rings. The van der Waals surface area contributed by atoms with Crippen LogP contribution in [-0.2, 0) is 16.4 Å². The molecule has 0 aliphatic rings. The summed E-state index contributed by atoms with van der Waals surface area (Å²) in [4.78, 5) is 7.11. The van der Waals surface area contributed by atoms with Gasteiger partial charge in [-0.1, -0.05) is 6.07 Å². The normalized spacial score (nSPS) is 11.6. The number of H-pyrrole nitrogens is 1. The van der Waals surface area contributed by atoms with Crippen molar-refractivity contribution in [1.29, 1.82) is 0 Å². The van der Waals surface area contributed by atoms with Crippen LogP contribution in [0.5, 0.6) is 0 Å². The molecule has 2 rings (SSSR count). The average Bonchev–Trinajstić information content (AvgIpc) is 2.92. The highest BCUT2D eigenvalue weighted by Crippen LogP contribution is 2.29. The van der Waals surface area contributed by atoms with Crippen molar-refractivity contribution in [3.63, 3.8) is 0 Å². The number of hydrogen-bond donors (Lipinski definition) is 2. The quantitative estimate of drug-likeness (QED) is 0.892. The van der Waals surface area contributed by atoms with Gasteiger partial charge in [-0.15, -0.1) is 0 Å². The highest BCUT2D eigenvalue weighted by Gasteiger charge is 2.16. The predicted octanol–water partition coefficient (Wildman–Crippen LogP) is 2.69. The zero-order chi connectivity index (χ0) is 15.6. The van der Waals surface area contributed by atoms with E-state index in [0.717, 1.165) is 27.9 Å². The van der Waals surface area contributed by atoms with E-state index in [2.05, 4.69) is 14.7 Å². The summed E-state index contributed by atoms with van der Waals surface area (Å²) < 4.78 is 26.4. The van der Waals surface area contributed by atoms with Crippen molar-refractivity contribution in [2.45, 2.75) is 34.1 Å². The second kappa shape index (κ2) is 5.89. The van der Waals surface area contributed by atoms with Crippen LogP contribution < -0.4 is 4.72 Å². The van der Waals surface area contributed by atoms with Gasteiger partial charge in [0.05, 0.1) is 17.8 Å². The van der Waals surface area contributed by atoms with Crippen molar-refractivity contribution >= 4 is 15.7 Å². The van der Waals surface area contributed by atoms with Crippen molar-refractivity contribution in [2.24, 2.45) is 0 Å². The second-order valence-corrected chi connectivity index (χ2v) is 7.26. The molecule has 0 aliphatic heterocycles. The highest BCUT2D eigenvalue weighted by molar-refractivity contribution is 7.92. The number of sulfonamides is 1. The van der Waals surface area contributed by atoms with Crippen LogP contribution in [0.15, 0.2) is 18.6 Å². The zero-order valence-electron chi connectivity index (χ0n) is 12.8. The molecule has 0 atom stereocenters. The van der Waals surface area contributed by atoms with Crippen molar-refractivity contribution in [3.8, 4) is 0 Å². The first-order valence-electron chi connectivity index (χ1n) is 6.91. The fraction of sp³-hybridized carbons (Fsp3) is 0.400. The number of rotatable bonds is 5. The third-order valence-electron chi connectivity index (χ3n) is 3.69. The number of benzene rings is 1. The van der Waals surface area contributed by atoms with E-state index in [-0.39, 0.29) is 5.75 Å². The molecule has 0 spiro atoms. The van der Waals surface area contributed by atoms with Crippen molar-refractivity contribution in [1.82, 2.24) is 9.97 Å². The lowest BCUT2D eigenvalue weighted by atomic mass is 9.94. The number of aryl methyl sites for hydroxylation is 2. The average molecular weight is 307 g/mol. The van der Waals surface area contributed by atoms with Gasteiger partial charge in [0.1, 0.15) is 0 Å². The van der Waals surface area contributed by atoms with E-state index in [1.165, 1.54) is 0 Å². The van der Waals surface area contributed by atoms with E-state index in [4.69, 9.17) is 0 Å². The summed E-state index contributed by atoms with van der Waals surface area (Å²) in [5.74, 6) is 0.0651. The van der Waals surface area contributed by atoms with E-state index < -0.39 is 10.0 Å². The zero-order valence-corrected chi connectivity index (χ0v) is 13.6. The Bertz CT molecular complexity index is 735. The molecule has 5 nitrogen and oxygen atoms in total. The van der Waals surface area contributed by atoms with Crippen molar-refractivity contribution in [2.75, 3.05) is 10.5 Å². The molecule has 2 aromatic rings. The van der Waals surface area contributed by atoms with Gasteiger partial charge >= 0.3 is 0 Å². The number of aromatic nitrogens is 2. The summed E-state index contributed by atoms with van der Waals surface area (Å²) in [6, 6.07) is 2.02. The van der Waals surface area contributed by atoms with Gasteiger partial charge in [-0.25, -0.2) is 13.4 Å². The van der Waals surface area contributed by atoms with E-state index in [1.807, 2.05) is 26.8 Å². The van der Waals surface area contributed by atoms with E-state index in [0.29, 0.717) is 12.1 Å². The Kier molecular flexibility index (Phi) is 4.37. The Balaban J connectivity index is 2.47. The number of nitrogens with one attached hydrogen (secondary N) is 2. The lowest BCUT2D eigenvalue weighted by Crippen LogP contribution is -2.17. The Hall–Kier alpha value is -1.82. The molecule has 1 aromatic heterocycles. The van der Waals surface area contributed by atoms with Gasteiger partial charge in [0, 0.05) is 18.3 Å². The largest absolute Gasteiger partial charge is 0.348 e. The molecule has 0 unspecified atom stereocenters. The summed E-state index contributed by atoms with van der Waals surface area (Å²) in [6.07, 6.45) is 4.14. The number of hydrogen-bond acceptors (Lipinski definition) is 3. The highest BCUT2D eigenvalue weighted by atomic mass is 32.2. The number of imidazole rings is 1.